The maximum atomic E-state index is 12.5. The largest absolute Gasteiger partial charge is 0.377 e. The molecule has 0 bridgehead atoms. The number of carbonyl (C=O) groups is 1. The molecule has 2 aliphatic heterocycles. The van der Waals surface area contributed by atoms with Crippen molar-refractivity contribution in [3.8, 4) is 0 Å². The summed E-state index contributed by atoms with van der Waals surface area (Å²) in [6, 6.07) is 8.68. The zero-order valence-electron chi connectivity index (χ0n) is 14.1. The molecule has 5 heteroatoms. The highest BCUT2D eigenvalue weighted by atomic mass is 16.5. The minimum Gasteiger partial charge on any atom is -0.377 e. The third-order valence-corrected chi connectivity index (χ3v) is 4.81. The van der Waals surface area contributed by atoms with Crippen molar-refractivity contribution in [2.24, 2.45) is 0 Å². The van der Waals surface area contributed by atoms with Gasteiger partial charge in [0.1, 0.15) is 0 Å². The Hall–Kier alpha value is -1.75. The maximum absolute atomic E-state index is 12.5. The molecule has 2 heterocycles. The summed E-state index contributed by atoms with van der Waals surface area (Å²) < 4.78 is 5.40. The highest BCUT2D eigenvalue weighted by molar-refractivity contribution is 5.75. The van der Waals surface area contributed by atoms with Crippen LogP contribution in [0.4, 0.5) is 10.5 Å². The first-order valence-corrected chi connectivity index (χ1v) is 8.65. The maximum Gasteiger partial charge on any atom is 0.318 e. The zero-order chi connectivity index (χ0) is 16.2. The first-order valence-electron chi connectivity index (χ1n) is 8.65. The van der Waals surface area contributed by atoms with Gasteiger partial charge in [-0.25, -0.2) is 4.79 Å². The molecule has 0 radical (unpaired) electrons. The van der Waals surface area contributed by atoms with Gasteiger partial charge in [-0.2, -0.15) is 0 Å². The molecule has 126 valence electrons. The van der Waals surface area contributed by atoms with Crippen LogP contribution in [0.15, 0.2) is 24.3 Å². The van der Waals surface area contributed by atoms with E-state index in [0.717, 1.165) is 18.7 Å². The Kier molecular flexibility index (Phi) is 5.06. The number of hydrogen-bond acceptors (Lipinski definition) is 3. The van der Waals surface area contributed by atoms with Gasteiger partial charge in [-0.15, -0.1) is 0 Å². The normalized spacial score (nSPS) is 23.0. The van der Waals surface area contributed by atoms with Crippen molar-refractivity contribution in [1.29, 1.82) is 0 Å². The van der Waals surface area contributed by atoms with Gasteiger partial charge < -0.3 is 19.9 Å². The molecule has 3 rings (SSSR count). The summed E-state index contributed by atoms with van der Waals surface area (Å²) in [5.74, 6) is 0. The van der Waals surface area contributed by atoms with Gasteiger partial charge in [-0.3, -0.25) is 0 Å². The summed E-state index contributed by atoms with van der Waals surface area (Å²) in [6.45, 7) is 8.24. The number of carbonyl (C=O) groups excluding carboxylic acids is 1. The number of anilines is 1. The lowest BCUT2D eigenvalue weighted by Crippen LogP contribution is -2.51. The van der Waals surface area contributed by atoms with Gasteiger partial charge in [0.25, 0.3) is 0 Å². The van der Waals surface area contributed by atoms with Crippen LogP contribution in [0.1, 0.15) is 38.3 Å². The fourth-order valence-corrected chi connectivity index (χ4v) is 3.35. The summed E-state index contributed by atoms with van der Waals surface area (Å²) in [5.41, 5.74) is 2.42. The lowest BCUT2D eigenvalue weighted by atomic mass is 10.1. The zero-order valence-corrected chi connectivity index (χ0v) is 14.1. The Balaban J connectivity index is 1.64. The second-order valence-electron chi connectivity index (χ2n) is 6.58. The molecule has 2 atom stereocenters. The topological polar surface area (TPSA) is 44.8 Å². The van der Waals surface area contributed by atoms with E-state index in [1.807, 2.05) is 18.7 Å². The lowest BCUT2D eigenvalue weighted by molar-refractivity contribution is 0.0185. The number of nitrogens with one attached hydrogen (secondary N) is 1. The minimum absolute atomic E-state index is 0.0000907. The van der Waals surface area contributed by atoms with Crippen LogP contribution in [0.3, 0.4) is 0 Å². The highest BCUT2D eigenvalue weighted by Gasteiger charge is 2.25. The van der Waals surface area contributed by atoms with Gasteiger partial charge in [0.2, 0.25) is 0 Å². The predicted octanol–water partition coefficient (Wildman–Crippen LogP) is 2.78. The Morgan fingerprint density at radius 1 is 1.30 bits per heavy atom. The first-order chi connectivity index (χ1) is 11.1. The standard InChI is InChI=1S/C18H27N3O2/c1-14-13-23-11-10-21(14)18(22)19-15(2)16-6-5-7-17(12-16)20-8-3-4-9-20/h5-7,12,14-15H,3-4,8-11,13H2,1-2H3,(H,19,22). The molecular weight excluding hydrogens is 290 g/mol. The molecular formula is C18H27N3O2. The van der Waals surface area contributed by atoms with E-state index < -0.39 is 0 Å². The van der Waals surface area contributed by atoms with Crippen LogP contribution >= 0.6 is 0 Å². The summed E-state index contributed by atoms with van der Waals surface area (Å²) >= 11 is 0. The molecule has 23 heavy (non-hydrogen) atoms. The molecule has 0 saturated carbocycles. The van der Waals surface area contributed by atoms with Gasteiger partial charge in [0.05, 0.1) is 25.3 Å². The Morgan fingerprint density at radius 3 is 2.83 bits per heavy atom. The molecule has 1 aromatic rings. The number of amides is 2. The lowest BCUT2D eigenvalue weighted by Gasteiger charge is -2.34. The number of benzene rings is 1. The molecule has 2 saturated heterocycles. The molecule has 1 N–H and O–H groups in total. The highest BCUT2D eigenvalue weighted by Crippen LogP contribution is 2.24. The number of ether oxygens (including phenoxy) is 1. The van der Waals surface area contributed by atoms with Crippen molar-refractivity contribution >= 4 is 11.7 Å². The molecule has 0 aromatic heterocycles. The second-order valence-corrected chi connectivity index (χ2v) is 6.58. The molecule has 1 aromatic carbocycles. The van der Waals surface area contributed by atoms with Crippen molar-refractivity contribution in [2.75, 3.05) is 37.7 Å². The number of rotatable bonds is 3. The van der Waals surface area contributed by atoms with Crippen LogP contribution in [0, 0.1) is 0 Å². The summed E-state index contributed by atoms with van der Waals surface area (Å²) in [7, 11) is 0. The van der Waals surface area contributed by atoms with Gasteiger partial charge in [0.15, 0.2) is 0 Å². The number of hydrogen-bond donors (Lipinski definition) is 1. The van der Waals surface area contributed by atoms with E-state index in [0.29, 0.717) is 19.8 Å². The fraction of sp³-hybridized carbons (Fsp3) is 0.611. The van der Waals surface area contributed by atoms with Gasteiger partial charge in [-0.05, 0) is 44.4 Å². The number of urea groups is 1. The van der Waals surface area contributed by atoms with E-state index in [1.165, 1.54) is 18.5 Å². The number of morpholine rings is 1. The van der Waals surface area contributed by atoms with Crippen LogP contribution in [-0.4, -0.2) is 49.8 Å². The third-order valence-electron chi connectivity index (χ3n) is 4.81. The summed E-state index contributed by atoms with van der Waals surface area (Å²) in [4.78, 5) is 16.8. The number of nitrogens with zero attached hydrogens (tertiary/aromatic N) is 2. The smallest absolute Gasteiger partial charge is 0.318 e. The summed E-state index contributed by atoms with van der Waals surface area (Å²) in [6.07, 6.45) is 2.54. The molecule has 2 fully saturated rings. The summed E-state index contributed by atoms with van der Waals surface area (Å²) in [5, 5.41) is 3.13. The molecule has 2 amide bonds. The average molecular weight is 317 g/mol. The van der Waals surface area contributed by atoms with E-state index in [-0.39, 0.29) is 18.1 Å². The van der Waals surface area contributed by atoms with E-state index in [2.05, 4.69) is 34.5 Å². The first kappa shape index (κ1) is 16.1. The molecule has 2 unspecified atom stereocenters. The van der Waals surface area contributed by atoms with Gasteiger partial charge >= 0.3 is 6.03 Å². The quantitative estimate of drug-likeness (QED) is 0.932. The van der Waals surface area contributed by atoms with Gasteiger partial charge in [-0.1, -0.05) is 12.1 Å². The van der Waals surface area contributed by atoms with Crippen molar-refractivity contribution < 1.29 is 9.53 Å². The Bertz CT molecular complexity index is 543. The molecule has 2 aliphatic rings. The van der Waals surface area contributed by atoms with Crippen LogP contribution in [-0.2, 0) is 4.74 Å². The average Bonchev–Trinajstić information content (AvgIpc) is 3.10. The van der Waals surface area contributed by atoms with E-state index >= 15 is 0 Å². The Labute approximate surface area is 138 Å². The van der Waals surface area contributed by atoms with E-state index in [9.17, 15) is 4.79 Å². The molecule has 0 spiro atoms. The molecule has 0 aliphatic carbocycles. The molecule has 5 nitrogen and oxygen atoms in total. The van der Waals surface area contributed by atoms with E-state index in [4.69, 9.17) is 4.74 Å². The predicted molar refractivity (Wildman–Crippen MR) is 91.8 cm³/mol. The van der Waals surface area contributed by atoms with Crippen LogP contribution in [0.5, 0.6) is 0 Å². The van der Waals surface area contributed by atoms with E-state index in [1.54, 1.807) is 0 Å². The third kappa shape index (κ3) is 3.78. The van der Waals surface area contributed by atoms with Crippen molar-refractivity contribution in [3.05, 3.63) is 29.8 Å². The van der Waals surface area contributed by atoms with Crippen LogP contribution in [0.2, 0.25) is 0 Å². The monoisotopic (exact) mass is 317 g/mol. The SMILES string of the molecule is CC(NC(=O)N1CCOCC1C)c1cccc(N2CCCC2)c1. The fourth-order valence-electron chi connectivity index (χ4n) is 3.35. The van der Waals surface area contributed by atoms with Crippen molar-refractivity contribution in [1.82, 2.24) is 10.2 Å². The van der Waals surface area contributed by atoms with Gasteiger partial charge in [0, 0.05) is 25.3 Å². The van der Waals surface area contributed by atoms with Crippen LogP contribution in [0.25, 0.3) is 0 Å². The van der Waals surface area contributed by atoms with Crippen LogP contribution < -0.4 is 10.2 Å². The Morgan fingerprint density at radius 2 is 2.09 bits per heavy atom. The second kappa shape index (κ2) is 7.21. The minimum atomic E-state index is -0.000115. The van der Waals surface area contributed by atoms with Crippen molar-refractivity contribution in [2.45, 2.75) is 38.8 Å². The van der Waals surface area contributed by atoms with Crippen molar-refractivity contribution in [3.63, 3.8) is 0 Å².